The van der Waals surface area contributed by atoms with E-state index in [1.54, 1.807) is 6.92 Å². The molecule has 0 bridgehead atoms. The molecular weight excluding hydrogens is 376 g/mol. The fraction of sp³-hybridized carbons (Fsp3) is 0.381. The summed E-state index contributed by atoms with van der Waals surface area (Å²) < 4.78 is 7.06. The second-order valence-electron chi connectivity index (χ2n) is 6.98. The molecule has 2 aromatic heterocycles. The second kappa shape index (κ2) is 8.67. The second-order valence-corrected chi connectivity index (χ2v) is 8.18. The van der Waals surface area contributed by atoms with Crippen LogP contribution < -0.4 is 10.3 Å². The van der Waals surface area contributed by atoms with Crippen molar-refractivity contribution >= 4 is 27.3 Å². The molecule has 3 rings (SSSR count). The Bertz CT molecular complexity index is 1040. The fourth-order valence-electron chi connectivity index (χ4n) is 2.94. The molecular formula is C21H24N2O4S. The lowest BCUT2D eigenvalue weighted by molar-refractivity contribution is -0.116. The van der Waals surface area contributed by atoms with Gasteiger partial charge in [-0.15, -0.1) is 11.3 Å². The molecule has 0 aliphatic heterocycles. The number of rotatable bonds is 8. The van der Waals surface area contributed by atoms with Crippen LogP contribution in [0.2, 0.25) is 0 Å². The Morgan fingerprint density at radius 1 is 1.29 bits per heavy atom. The Morgan fingerprint density at radius 2 is 2.00 bits per heavy atom. The molecule has 0 saturated carbocycles. The highest BCUT2D eigenvalue weighted by molar-refractivity contribution is 7.18. The lowest BCUT2D eigenvalue weighted by atomic mass is 10.1. The first-order chi connectivity index (χ1) is 13.3. The maximum Gasteiger partial charge on any atom is 0.262 e. The molecule has 0 unspecified atom stereocenters. The molecule has 28 heavy (non-hydrogen) atoms. The van der Waals surface area contributed by atoms with E-state index in [1.165, 1.54) is 22.2 Å². The zero-order valence-corrected chi connectivity index (χ0v) is 17.1. The van der Waals surface area contributed by atoms with Crippen LogP contribution in [0, 0.1) is 13.8 Å². The van der Waals surface area contributed by atoms with Crippen molar-refractivity contribution in [2.75, 3.05) is 6.61 Å². The van der Waals surface area contributed by atoms with Crippen molar-refractivity contribution in [2.45, 2.75) is 46.3 Å². The summed E-state index contributed by atoms with van der Waals surface area (Å²) in [5.74, 6) is 0.801. The first-order valence-electron chi connectivity index (χ1n) is 9.19. The van der Waals surface area contributed by atoms with Crippen LogP contribution in [0.25, 0.3) is 10.2 Å². The fourth-order valence-corrected chi connectivity index (χ4v) is 3.93. The molecule has 0 fully saturated rings. The summed E-state index contributed by atoms with van der Waals surface area (Å²) in [5, 5.41) is 10.9. The highest BCUT2D eigenvalue weighted by atomic mass is 32.1. The summed E-state index contributed by atoms with van der Waals surface area (Å²) in [4.78, 5) is 29.9. The van der Waals surface area contributed by atoms with E-state index in [0.29, 0.717) is 24.0 Å². The third-order valence-electron chi connectivity index (χ3n) is 4.69. The number of aliphatic hydroxyl groups is 1. The molecule has 0 radical (unpaired) electrons. The third kappa shape index (κ3) is 4.66. The Morgan fingerprint density at radius 3 is 2.68 bits per heavy atom. The average Bonchev–Trinajstić information content (AvgIpc) is 2.96. The number of thiophene rings is 1. The highest BCUT2D eigenvalue weighted by Crippen LogP contribution is 2.25. The standard InChI is InChI=1S/C21H24N2O4S/c1-13(24)4-5-16-6-8-18(9-7-16)27-11-17(25)10-23-12-22-20-19(21(23)26)14(2)15(3)28-20/h6-9,12,17,25H,4-5,10-11H2,1-3H3/t17-/m0/s1. The molecule has 1 N–H and O–H groups in total. The molecule has 1 aromatic carbocycles. The van der Waals surface area contributed by atoms with Gasteiger partial charge in [0, 0.05) is 11.3 Å². The summed E-state index contributed by atoms with van der Waals surface area (Å²) >= 11 is 1.50. The van der Waals surface area contributed by atoms with E-state index < -0.39 is 6.10 Å². The quantitative estimate of drug-likeness (QED) is 0.629. The van der Waals surface area contributed by atoms with Crippen molar-refractivity contribution in [1.29, 1.82) is 0 Å². The molecule has 2 heterocycles. The molecule has 7 heteroatoms. The molecule has 0 spiro atoms. The lowest BCUT2D eigenvalue weighted by Gasteiger charge is -2.14. The lowest BCUT2D eigenvalue weighted by Crippen LogP contribution is -2.30. The maximum atomic E-state index is 12.7. The van der Waals surface area contributed by atoms with Crippen molar-refractivity contribution in [3.05, 3.63) is 57.0 Å². The van der Waals surface area contributed by atoms with Crippen molar-refractivity contribution in [2.24, 2.45) is 0 Å². The van der Waals surface area contributed by atoms with E-state index in [4.69, 9.17) is 4.74 Å². The number of aryl methyl sites for hydroxylation is 3. The van der Waals surface area contributed by atoms with E-state index in [1.807, 2.05) is 38.1 Å². The van der Waals surface area contributed by atoms with Crippen LogP contribution in [0.15, 0.2) is 35.4 Å². The van der Waals surface area contributed by atoms with Gasteiger partial charge in [-0.3, -0.25) is 9.36 Å². The normalized spacial score (nSPS) is 12.3. The summed E-state index contributed by atoms with van der Waals surface area (Å²) in [7, 11) is 0. The highest BCUT2D eigenvalue weighted by Gasteiger charge is 2.14. The van der Waals surface area contributed by atoms with Gasteiger partial charge in [-0.05, 0) is 50.5 Å². The van der Waals surface area contributed by atoms with Crippen LogP contribution >= 0.6 is 11.3 Å². The average molecular weight is 401 g/mol. The Balaban J connectivity index is 1.60. The topological polar surface area (TPSA) is 81.4 Å². The Kier molecular flexibility index (Phi) is 6.26. The number of nitrogens with zero attached hydrogens (tertiary/aromatic N) is 2. The van der Waals surface area contributed by atoms with Gasteiger partial charge in [0.1, 0.15) is 29.1 Å². The van der Waals surface area contributed by atoms with Crippen LogP contribution in [0.1, 0.15) is 29.3 Å². The van der Waals surface area contributed by atoms with Gasteiger partial charge in [0.05, 0.1) is 18.3 Å². The minimum Gasteiger partial charge on any atom is -0.491 e. The number of aromatic nitrogens is 2. The van der Waals surface area contributed by atoms with Crippen molar-refractivity contribution in [3.8, 4) is 5.75 Å². The first-order valence-corrected chi connectivity index (χ1v) is 10.0. The monoisotopic (exact) mass is 400 g/mol. The minimum atomic E-state index is -0.839. The number of ketones is 1. The zero-order chi connectivity index (χ0) is 20.3. The van der Waals surface area contributed by atoms with E-state index in [-0.39, 0.29) is 24.5 Å². The van der Waals surface area contributed by atoms with Crippen LogP contribution in [0.4, 0.5) is 0 Å². The Hall–Kier alpha value is -2.51. The predicted octanol–water partition coefficient (Wildman–Crippen LogP) is 3.04. The number of benzene rings is 1. The summed E-state index contributed by atoms with van der Waals surface area (Å²) in [5.41, 5.74) is 1.87. The smallest absolute Gasteiger partial charge is 0.262 e. The molecule has 1 atom stereocenters. The van der Waals surface area contributed by atoms with Gasteiger partial charge >= 0.3 is 0 Å². The van der Waals surface area contributed by atoms with Gasteiger partial charge in [-0.25, -0.2) is 4.98 Å². The largest absolute Gasteiger partial charge is 0.491 e. The zero-order valence-electron chi connectivity index (χ0n) is 16.3. The summed E-state index contributed by atoms with van der Waals surface area (Å²) in [6.07, 6.45) is 1.87. The van der Waals surface area contributed by atoms with E-state index >= 15 is 0 Å². The van der Waals surface area contributed by atoms with Gasteiger partial charge in [0.15, 0.2) is 0 Å². The summed E-state index contributed by atoms with van der Waals surface area (Å²) in [6, 6.07) is 7.46. The predicted molar refractivity (Wildman–Crippen MR) is 110 cm³/mol. The molecule has 0 amide bonds. The molecule has 0 aliphatic rings. The van der Waals surface area contributed by atoms with Crippen molar-refractivity contribution in [1.82, 2.24) is 9.55 Å². The van der Waals surface area contributed by atoms with Gasteiger partial charge in [-0.1, -0.05) is 12.1 Å². The maximum absolute atomic E-state index is 12.7. The van der Waals surface area contributed by atoms with Crippen LogP contribution in [0.3, 0.4) is 0 Å². The van der Waals surface area contributed by atoms with Gasteiger partial charge in [0.25, 0.3) is 5.56 Å². The molecule has 0 aliphatic carbocycles. The molecule has 148 valence electrons. The third-order valence-corrected chi connectivity index (χ3v) is 5.81. The summed E-state index contributed by atoms with van der Waals surface area (Å²) in [6.45, 7) is 5.66. The number of carbonyl (C=O) groups excluding carboxylic acids is 1. The van der Waals surface area contributed by atoms with Gasteiger partial charge < -0.3 is 14.6 Å². The Labute approximate surface area is 167 Å². The number of ether oxygens (including phenoxy) is 1. The number of hydrogen-bond acceptors (Lipinski definition) is 6. The molecule has 6 nitrogen and oxygen atoms in total. The van der Waals surface area contributed by atoms with Crippen molar-refractivity contribution in [3.63, 3.8) is 0 Å². The van der Waals surface area contributed by atoms with E-state index in [0.717, 1.165) is 20.8 Å². The number of carbonyl (C=O) groups is 1. The molecule has 3 aromatic rings. The van der Waals surface area contributed by atoms with Gasteiger partial charge in [-0.2, -0.15) is 0 Å². The van der Waals surface area contributed by atoms with E-state index in [9.17, 15) is 14.7 Å². The van der Waals surface area contributed by atoms with Crippen LogP contribution in [-0.2, 0) is 17.8 Å². The van der Waals surface area contributed by atoms with Gasteiger partial charge in [0.2, 0.25) is 0 Å². The first kappa shape index (κ1) is 20.2. The number of aliphatic hydroxyl groups excluding tert-OH is 1. The number of hydrogen-bond donors (Lipinski definition) is 1. The van der Waals surface area contributed by atoms with Crippen LogP contribution in [-0.4, -0.2) is 33.2 Å². The molecule has 0 saturated heterocycles. The number of Topliss-reactive ketones (excluding diaryl/α,β-unsaturated/α-hetero) is 1. The minimum absolute atomic E-state index is 0.0684. The SMILES string of the molecule is CC(=O)CCc1ccc(OC[C@@H](O)Cn2cnc3sc(C)c(C)c3c2=O)cc1. The van der Waals surface area contributed by atoms with Crippen molar-refractivity contribution < 1.29 is 14.6 Å². The van der Waals surface area contributed by atoms with Crippen LogP contribution in [0.5, 0.6) is 5.75 Å². The number of fused-ring (bicyclic) bond motifs is 1. The van der Waals surface area contributed by atoms with E-state index in [2.05, 4.69) is 4.98 Å².